The second-order valence-corrected chi connectivity index (χ2v) is 8.00. The van der Waals surface area contributed by atoms with Crippen LogP contribution in [0.15, 0.2) is 62.2 Å². The number of hydrogen-bond acceptors (Lipinski definition) is 6. The smallest absolute Gasteiger partial charge is 0.346 e. The molecule has 0 radical (unpaired) electrons. The molecule has 2 aromatic carbocycles. The molecule has 0 amide bonds. The Balaban J connectivity index is 1.69. The van der Waals surface area contributed by atoms with Gasteiger partial charge in [0.1, 0.15) is 5.58 Å². The van der Waals surface area contributed by atoms with Crippen molar-refractivity contribution < 1.29 is 4.42 Å². The Hall–Kier alpha value is -2.84. The first-order chi connectivity index (χ1) is 13.1. The Morgan fingerprint density at radius 3 is 2.85 bits per heavy atom. The van der Waals surface area contributed by atoms with E-state index in [2.05, 4.69) is 31.2 Å². The molecule has 8 heteroatoms. The Morgan fingerprint density at radius 1 is 1.11 bits per heavy atom. The molecule has 0 saturated heterocycles. The van der Waals surface area contributed by atoms with Crippen molar-refractivity contribution >= 4 is 43.2 Å². The summed E-state index contributed by atoms with van der Waals surface area (Å²) in [7, 11) is 0. The van der Waals surface area contributed by atoms with Crippen LogP contribution in [0.25, 0.3) is 37.9 Å². The summed E-state index contributed by atoms with van der Waals surface area (Å²) >= 11 is 4.74. The molecule has 3 aromatic heterocycles. The van der Waals surface area contributed by atoms with Gasteiger partial charge >= 0.3 is 5.63 Å². The van der Waals surface area contributed by atoms with Crippen LogP contribution in [0.2, 0.25) is 0 Å². The van der Waals surface area contributed by atoms with Crippen LogP contribution in [-0.4, -0.2) is 19.8 Å². The van der Waals surface area contributed by atoms with E-state index in [1.807, 2.05) is 43.3 Å². The topological polar surface area (TPSA) is 73.3 Å². The number of aryl methyl sites for hydroxylation is 1. The second-order valence-electron chi connectivity index (χ2n) is 6.12. The monoisotopic (exact) mass is 438 g/mol. The summed E-state index contributed by atoms with van der Waals surface area (Å²) in [6, 6.07) is 15.3. The average Bonchev–Trinajstić information content (AvgIpc) is 3.22. The molecule has 0 unspecified atom stereocenters. The van der Waals surface area contributed by atoms with Gasteiger partial charge in [-0.05, 0) is 37.3 Å². The quantitative estimate of drug-likeness (QED) is 0.373. The lowest BCUT2D eigenvalue weighted by molar-refractivity contribution is 0.563. The molecule has 0 aliphatic carbocycles. The molecular weight excluding hydrogens is 428 g/mol. The van der Waals surface area contributed by atoms with Gasteiger partial charge in [-0.25, -0.2) is 4.79 Å². The first-order valence-corrected chi connectivity index (χ1v) is 9.72. The molecule has 5 aromatic rings. The standard InChI is InChI=1S/C19H11BrN4O2S/c1-10-3-2-4-11(7-10)16-21-22-19-24(16)23-17(27-19)14-9-12-8-13(20)5-6-15(12)26-18(14)25/h2-9H,1H3. The zero-order chi connectivity index (χ0) is 18.5. The van der Waals surface area contributed by atoms with E-state index < -0.39 is 5.63 Å². The maximum atomic E-state index is 12.5. The summed E-state index contributed by atoms with van der Waals surface area (Å²) in [5, 5.41) is 14.4. The molecule has 0 atom stereocenters. The maximum Gasteiger partial charge on any atom is 0.346 e. The fraction of sp³-hybridized carbons (Fsp3) is 0.0526. The fourth-order valence-corrected chi connectivity index (χ4v) is 4.16. The van der Waals surface area contributed by atoms with Crippen LogP contribution in [0.1, 0.15) is 5.56 Å². The van der Waals surface area contributed by atoms with Gasteiger partial charge in [0, 0.05) is 15.4 Å². The van der Waals surface area contributed by atoms with Crippen molar-refractivity contribution in [3.63, 3.8) is 0 Å². The highest BCUT2D eigenvalue weighted by Gasteiger charge is 2.17. The third-order valence-electron chi connectivity index (χ3n) is 4.19. The largest absolute Gasteiger partial charge is 0.422 e. The average molecular weight is 439 g/mol. The molecule has 0 saturated carbocycles. The van der Waals surface area contributed by atoms with Gasteiger partial charge in [0.25, 0.3) is 0 Å². The van der Waals surface area contributed by atoms with Crippen LogP contribution < -0.4 is 5.63 Å². The van der Waals surface area contributed by atoms with E-state index in [0.717, 1.165) is 21.0 Å². The molecular formula is C19H11BrN4O2S. The van der Waals surface area contributed by atoms with Crippen LogP contribution >= 0.6 is 27.3 Å². The lowest BCUT2D eigenvalue weighted by Crippen LogP contribution is -2.03. The van der Waals surface area contributed by atoms with Crippen molar-refractivity contribution in [2.45, 2.75) is 6.92 Å². The normalized spacial score (nSPS) is 11.5. The highest BCUT2D eigenvalue weighted by molar-refractivity contribution is 9.10. The van der Waals surface area contributed by atoms with Crippen molar-refractivity contribution in [1.29, 1.82) is 0 Å². The minimum Gasteiger partial charge on any atom is -0.422 e. The van der Waals surface area contributed by atoms with Gasteiger partial charge in [0.2, 0.25) is 4.96 Å². The molecule has 0 fully saturated rings. The number of rotatable bonds is 2. The van der Waals surface area contributed by atoms with Crippen LogP contribution in [-0.2, 0) is 0 Å². The minimum absolute atomic E-state index is 0.409. The van der Waals surface area contributed by atoms with E-state index in [9.17, 15) is 4.79 Å². The van der Waals surface area contributed by atoms with Gasteiger partial charge in [-0.15, -0.1) is 10.2 Å². The third kappa shape index (κ3) is 2.77. The molecule has 6 nitrogen and oxygen atoms in total. The first-order valence-electron chi connectivity index (χ1n) is 8.11. The van der Waals surface area contributed by atoms with E-state index in [1.54, 1.807) is 16.6 Å². The highest BCUT2D eigenvalue weighted by atomic mass is 79.9. The summed E-state index contributed by atoms with van der Waals surface area (Å²) in [5.41, 5.74) is 2.57. The lowest BCUT2D eigenvalue weighted by Gasteiger charge is -2.00. The number of aromatic nitrogens is 4. The van der Waals surface area contributed by atoms with Crippen molar-refractivity contribution in [1.82, 2.24) is 19.8 Å². The van der Waals surface area contributed by atoms with Gasteiger partial charge in [-0.2, -0.15) is 9.61 Å². The third-order valence-corrected chi connectivity index (χ3v) is 5.62. The van der Waals surface area contributed by atoms with E-state index in [4.69, 9.17) is 4.42 Å². The van der Waals surface area contributed by atoms with E-state index in [0.29, 0.717) is 26.9 Å². The Bertz CT molecular complexity index is 1390. The summed E-state index contributed by atoms with van der Waals surface area (Å²) in [4.78, 5) is 13.1. The zero-order valence-electron chi connectivity index (χ0n) is 14.0. The van der Waals surface area contributed by atoms with Gasteiger partial charge in [0.15, 0.2) is 10.8 Å². The van der Waals surface area contributed by atoms with Crippen LogP contribution in [0.5, 0.6) is 0 Å². The Morgan fingerprint density at radius 2 is 2.00 bits per heavy atom. The van der Waals surface area contributed by atoms with Crippen molar-refractivity contribution in [2.24, 2.45) is 0 Å². The van der Waals surface area contributed by atoms with Gasteiger partial charge in [0.05, 0.1) is 5.56 Å². The van der Waals surface area contributed by atoms with Crippen LogP contribution in [0.3, 0.4) is 0 Å². The summed E-state index contributed by atoms with van der Waals surface area (Å²) < 4.78 is 8.03. The molecule has 27 heavy (non-hydrogen) atoms. The number of benzene rings is 2. The number of fused-ring (bicyclic) bond motifs is 2. The highest BCUT2D eigenvalue weighted by Crippen LogP contribution is 2.29. The molecule has 132 valence electrons. The van der Waals surface area contributed by atoms with Crippen molar-refractivity contribution in [3.8, 4) is 22.0 Å². The first kappa shape index (κ1) is 16.3. The van der Waals surface area contributed by atoms with Gasteiger partial charge in [-0.3, -0.25) is 0 Å². The lowest BCUT2D eigenvalue weighted by atomic mass is 10.1. The number of halogens is 1. The zero-order valence-corrected chi connectivity index (χ0v) is 16.4. The van der Waals surface area contributed by atoms with Crippen molar-refractivity contribution in [3.05, 3.63) is 69.0 Å². The van der Waals surface area contributed by atoms with E-state index in [-0.39, 0.29) is 0 Å². The summed E-state index contributed by atoms with van der Waals surface area (Å²) in [6.45, 7) is 2.02. The predicted octanol–water partition coefficient (Wildman–Crippen LogP) is 4.70. The molecule has 0 bridgehead atoms. The molecule has 0 aliphatic heterocycles. The van der Waals surface area contributed by atoms with E-state index >= 15 is 0 Å². The predicted molar refractivity (Wildman–Crippen MR) is 108 cm³/mol. The minimum atomic E-state index is -0.424. The van der Waals surface area contributed by atoms with E-state index in [1.165, 1.54) is 11.3 Å². The molecule has 0 aliphatic rings. The summed E-state index contributed by atoms with van der Waals surface area (Å²) in [6.07, 6.45) is 0. The van der Waals surface area contributed by atoms with Crippen LogP contribution in [0, 0.1) is 6.92 Å². The van der Waals surface area contributed by atoms with Crippen LogP contribution in [0.4, 0.5) is 0 Å². The molecule has 3 heterocycles. The molecule has 5 rings (SSSR count). The molecule has 0 N–H and O–H groups in total. The second kappa shape index (κ2) is 6.11. The number of nitrogens with zero attached hydrogens (tertiary/aromatic N) is 4. The molecule has 0 spiro atoms. The number of hydrogen-bond donors (Lipinski definition) is 0. The Kier molecular flexibility index (Phi) is 3.70. The summed E-state index contributed by atoms with van der Waals surface area (Å²) in [5.74, 6) is 0.643. The SMILES string of the molecule is Cc1cccc(-c2nnc3sc(-c4cc5cc(Br)ccc5oc4=O)nn23)c1. The van der Waals surface area contributed by atoms with Gasteiger partial charge < -0.3 is 4.42 Å². The fourth-order valence-electron chi connectivity index (χ4n) is 2.93. The Labute approximate surface area is 165 Å². The van der Waals surface area contributed by atoms with Crippen molar-refractivity contribution in [2.75, 3.05) is 0 Å². The van der Waals surface area contributed by atoms with Gasteiger partial charge in [-0.1, -0.05) is 51.0 Å². The maximum absolute atomic E-state index is 12.5.